The Labute approximate surface area is 120 Å². The van der Waals surface area contributed by atoms with E-state index >= 15 is 0 Å². The van der Waals surface area contributed by atoms with Gasteiger partial charge in [-0.25, -0.2) is 0 Å². The Morgan fingerprint density at radius 3 is 1.00 bits per heavy atom. The van der Waals surface area contributed by atoms with Gasteiger partial charge in [0.05, 0.1) is 0 Å². The van der Waals surface area contributed by atoms with Crippen molar-refractivity contribution in [3.8, 4) is 0 Å². The van der Waals surface area contributed by atoms with Crippen LogP contribution in [0.5, 0.6) is 0 Å². The van der Waals surface area contributed by atoms with Crippen LogP contribution in [0.3, 0.4) is 0 Å². The second-order valence-corrected chi connectivity index (χ2v) is 0. The molecule has 10 valence electrons. The molecule has 0 heterocycles. The van der Waals surface area contributed by atoms with E-state index in [1.807, 2.05) is 0 Å². The molecule has 0 aromatic rings. The Bertz CT molecular complexity index is 8.00. The van der Waals surface area contributed by atoms with E-state index in [9.17, 15) is 0 Å². The first-order chi connectivity index (χ1) is 0. The summed E-state index contributed by atoms with van der Waals surface area (Å²) < 4.78 is 0. The van der Waals surface area contributed by atoms with E-state index in [0.717, 1.165) is 0 Å². The normalized spacial score (nSPS) is 0. The second kappa shape index (κ2) is 15.7. The first kappa shape index (κ1) is 24.4. The van der Waals surface area contributed by atoms with Crippen molar-refractivity contribution in [3.63, 3.8) is 0 Å². The summed E-state index contributed by atoms with van der Waals surface area (Å²) in [5.41, 5.74) is 0. The molecule has 0 rings (SSSR count). The average Bonchev–Trinajstić information content (AvgIpc) is 0. The molecule has 4 heavy (non-hydrogen) atoms. The van der Waals surface area contributed by atoms with Crippen LogP contribution in [-0.2, 0) is 19.5 Å². The van der Waals surface area contributed by atoms with E-state index in [4.69, 9.17) is 0 Å². The smallest absolute Gasteiger partial charge is 0 e. The van der Waals surface area contributed by atoms with Gasteiger partial charge < -0.3 is 0 Å². The minimum absolute atomic E-state index is 0. The molecule has 0 aromatic carbocycles. The van der Waals surface area contributed by atoms with Crippen molar-refractivity contribution >= 4 is 104 Å². The van der Waals surface area contributed by atoms with E-state index in [2.05, 4.69) is 0 Å². The fourth-order valence-electron chi connectivity index (χ4n) is 0. The van der Waals surface area contributed by atoms with Crippen molar-refractivity contribution in [3.05, 3.63) is 0 Å². The van der Waals surface area contributed by atoms with Gasteiger partial charge in [0.25, 0.3) is 0 Å². The van der Waals surface area contributed by atoms with Crippen LogP contribution in [-0.4, -0.2) is 104 Å². The van der Waals surface area contributed by atoms with Crippen molar-refractivity contribution < 1.29 is 19.5 Å². The standard InChI is InChI=1S/K.Mg.Na.Zn.4H. The summed E-state index contributed by atoms with van der Waals surface area (Å²) in [4.78, 5) is 0. The molecule has 0 fully saturated rings. The monoisotopic (exact) mass is 154 g/mol. The average molecular weight is 156 g/mol. The van der Waals surface area contributed by atoms with Crippen LogP contribution < -0.4 is 0 Å². The maximum absolute atomic E-state index is 0. The number of rotatable bonds is 0. The fraction of sp³-hybridized carbons (Fsp3) is 0. The zero-order chi connectivity index (χ0) is 0. The molecule has 0 aliphatic rings. The topological polar surface area (TPSA) is 0 Å². The summed E-state index contributed by atoms with van der Waals surface area (Å²) in [6.45, 7) is 0. The zero-order valence-corrected chi connectivity index (χ0v) is 3.67. The third kappa shape index (κ3) is 9.39. The minimum atomic E-state index is 0. The molecule has 0 nitrogen and oxygen atoms in total. The van der Waals surface area contributed by atoms with Crippen molar-refractivity contribution in [1.82, 2.24) is 0 Å². The van der Waals surface area contributed by atoms with E-state index in [1.165, 1.54) is 0 Å². The van der Waals surface area contributed by atoms with E-state index in [0.29, 0.717) is 0 Å². The second-order valence-electron chi connectivity index (χ2n) is 0. The summed E-state index contributed by atoms with van der Waals surface area (Å²) >= 11 is 0. The van der Waals surface area contributed by atoms with Crippen LogP contribution >= 0.6 is 0 Å². The fourth-order valence-corrected chi connectivity index (χ4v) is 0. The van der Waals surface area contributed by atoms with Crippen LogP contribution in [0.25, 0.3) is 0 Å². The number of hydrogen-bond donors (Lipinski definition) is 0. The van der Waals surface area contributed by atoms with Crippen molar-refractivity contribution in [1.29, 1.82) is 0 Å². The minimum Gasteiger partial charge on any atom is 0 e. The van der Waals surface area contributed by atoms with Gasteiger partial charge in [0, 0.05) is 19.5 Å². The molecule has 0 saturated carbocycles. The van der Waals surface area contributed by atoms with Gasteiger partial charge >= 0.3 is 104 Å². The first-order valence-electron chi connectivity index (χ1n) is 0. The van der Waals surface area contributed by atoms with Crippen LogP contribution in [0.15, 0.2) is 0 Å². The molecule has 0 aliphatic carbocycles. The molecular weight excluding hydrogens is 152 g/mol. The molecule has 0 N–H and O–H groups in total. The van der Waals surface area contributed by atoms with Crippen LogP contribution in [0.4, 0.5) is 0 Å². The Balaban J connectivity index is 0. The van der Waals surface area contributed by atoms with E-state index < -0.39 is 0 Å². The predicted molar refractivity (Wildman–Crippen MR) is 22.8 cm³/mol. The third-order valence-electron chi connectivity index (χ3n) is 0. The third-order valence-corrected chi connectivity index (χ3v) is 0. The van der Waals surface area contributed by atoms with Crippen LogP contribution in [0, 0.1) is 0 Å². The van der Waals surface area contributed by atoms with E-state index in [-0.39, 0.29) is 123 Å². The quantitative estimate of drug-likeness (QED) is 0.348. The number of hydrogen-bond acceptors (Lipinski definition) is 0. The van der Waals surface area contributed by atoms with Gasteiger partial charge in [0.1, 0.15) is 0 Å². The Morgan fingerprint density at radius 1 is 1.00 bits per heavy atom. The van der Waals surface area contributed by atoms with Gasteiger partial charge in [-0.1, -0.05) is 0 Å². The van der Waals surface area contributed by atoms with Gasteiger partial charge in [0.2, 0.25) is 0 Å². The molecule has 0 saturated heterocycles. The summed E-state index contributed by atoms with van der Waals surface area (Å²) in [5.74, 6) is 0. The molecule has 0 spiro atoms. The first-order valence-corrected chi connectivity index (χ1v) is 0. The molecule has 0 atom stereocenters. The molecule has 4 heteroatoms. The maximum atomic E-state index is 0. The summed E-state index contributed by atoms with van der Waals surface area (Å²) in [6, 6.07) is 0. The van der Waals surface area contributed by atoms with Gasteiger partial charge in [-0.05, 0) is 0 Å². The Hall–Kier alpha value is 4.03. The molecule has 0 radical (unpaired) electrons. The van der Waals surface area contributed by atoms with Gasteiger partial charge in [-0.15, -0.1) is 0 Å². The molecular formula is H4KMgNaZn. The summed E-state index contributed by atoms with van der Waals surface area (Å²) in [7, 11) is 0. The van der Waals surface area contributed by atoms with Crippen molar-refractivity contribution in [2.24, 2.45) is 0 Å². The SMILES string of the molecule is [KH].[MgH2].[NaH].[Zn]. The zero-order valence-electron chi connectivity index (χ0n) is 0.707. The Kier molecular flexibility index (Phi) is 96.2. The molecule has 0 amide bonds. The largest absolute Gasteiger partial charge is 0 e. The summed E-state index contributed by atoms with van der Waals surface area (Å²) in [5, 5.41) is 0. The molecule has 0 aromatic heterocycles. The van der Waals surface area contributed by atoms with Crippen molar-refractivity contribution in [2.45, 2.75) is 0 Å². The van der Waals surface area contributed by atoms with Gasteiger partial charge in [-0.2, -0.15) is 0 Å². The van der Waals surface area contributed by atoms with Gasteiger partial charge in [-0.3, -0.25) is 0 Å². The van der Waals surface area contributed by atoms with Gasteiger partial charge in [0.15, 0.2) is 0 Å². The maximum Gasteiger partial charge on any atom is 0 e. The predicted octanol–water partition coefficient (Wildman–Crippen LogP) is -2.22. The Morgan fingerprint density at radius 2 is 1.00 bits per heavy atom. The molecule has 0 aliphatic heterocycles. The van der Waals surface area contributed by atoms with E-state index in [1.54, 1.807) is 0 Å². The van der Waals surface area contributed by atoms with Crippen LogP contribution in [0.1, 0.15) is 0 Å². The van der Waals surface area contributed by atoms with Crippen LogP contribution in [0.2, 0.25) is 0 Å². The molecule has 0 unspecified atom stereocenters. The molecule has 0 bridgehead atoms. The van der Waals surface area contributed by atoms with Crippen molar-refractivity contribution in [2.75, 3.05) is 0 Å². The summed E-state index contributed by atoms with van der Waals surface area (Å²) in [6.07, 6.45) is 0.